The summed E-state index contributed by atoms with van der Waals surface area (Å²) in [5.74, 6) is 0.968. The van der Waals surface area contributed by atoms with Crippen molar-refractivity contribution in [3.63, 3.8) is 0 Å². The van der Waals surface area contributed by atoms with Gasteiger partial charge in [0.25, 0.3) is 0 Å². The van der Waals surface area contributed by atoms with Crippen molar-refractivity contribution < 1.29 is 14.3 Å². The second-order valence-corrected chi connectivity index (χ2v) is 4.87. The standard InChI is InChI=1S/C14H13BrN2O3/c1-19-10-3-4-11(15)9(7-10)8-13(18)12-5-6-14(20-2)17-16-12/h3-7H,8H2,1-2H3. The topological polar surface area (TPSA) is 61.3 Å². The van der Waals surface area contributed by atoms with Crippen LogP contribution in [0.5, 0.6) is 11.6 Å². The minimum absolute atomic E-state index is 0.117. The summed E-state index contributed by atoms with van der Waals surface area (Å²) in [4.78, 5) is 12.2. The van der Waals surface area contributed by atoms with Crippen molar-refractivity contribution in [2.45, 2.75) is 6.42 Å². The summed E-state index contributed by atoms with van der Waals surface area (Å²) in [7, 11) is 3.09. The van der Waals surface area contributed by atoms with Crippen LogP contribution in [-0.4, -0.2) is 30.2 Å². The number of ketones is 1. The molecule has 104 valence electrons. The maximum Gasteiger partial charge on any atom is 0.233 e. The Morgan fingerprint density at radius 2 is 1.95 bits per heavy atom. The molecular formula is C14H13BrN2O3. The lowest BCUT2D eigenvalue weighted by Gasteiger charge is -2.06. The number of hydrogen-bond acceptors (Lipinski definition) is 5. The summed E-state index contributed by atoms with van der Waals surface area (Å²) in [5, 5.41) is 7.63. The van der Waals surface area contributed by atoms with E-state index in [2.05, 4.69) is 26.1 Å². The molecule has 0 amide bonds. The summed E-state index contributed by atoms with van der Waals surface area (Å²) < 4.78 is 10.9. The molecule has 2 aromatic rings. The lowest BCUT2D eigenvalue weighted by molar-refractivity contribution is 0.0987. The molecule has 0 unspecified atom stereocenters. The number of nitrogens with zero attached hydrogens (tertiary/aromatic N) is 2. The quantitative estimate of drug-likeness (QED) is 0.785. The van der Waals surface area contributed by atoms with Gasteiger partial charge in [-0.25, -0.2) is 0 Å². The zero-order valence-corrected chi connectivity index (χ0v) is 12.7. The lowest BCUT2D eigenvalue weighted by Crippen LogP contribution is -2.08. The number of benzene rings is 1. The van der Waals surface area contributed by atoms with Gasteiger partial charge in [-0.05, 0) is 29.8 Å². The number of ether oxygens (including phenoxy) is 2. The zero-order chi connectivity index (χ0) is 14.5. The molecule has 1 aromatic carbocycles. The fourth-order valence-electron chi connectivity index (χ4n) is 1.65. The van der Waals surface area contributed by atoms with Crippen LogP contribution in [0.25, 0.3) is 0 Å². The Balaban J connectivity index is 2.18. The van der Waals surface area contributed by atoms with Gasteiger partial charge in [-0.1, -0.05) is 15.9 Å². The molecule has 1 aromatic heterocycles. The van der Waals surface area contributed by atoms with E-state index in [1.54, 1.807) is 19.2 Å². The van der Waals surface area contributed by atoms with Crippen LogP contribution in [-0.2, 0) is 6.42 Å². The van der Waals surface area contributed by atoms with E-state index in [0.29, 0.717) is 17.3 Å². The van der Waals surface area contributed by atoms with Crippen molar-refractivity contribution in [1.82, 2.24) is 10.2 Å². The number of aromatic nitrogens is 2. The van der Waals surface area contributed by atoms with Gasteiger partial charge in [-0.2, -0.15) is 0 Å². The molecule has 0 fully saturated rings. The first kappa shape index (κ1) is 14.5. The largest absolute Gasteiger partial charge is 0.497 e. The molecule has 0 atom stereocenters. The highest BCUT2D eigenvalue weighted by molar-refractivity contribution is 9.10. The van der Waals surface area contributed by atoms with Gasteiger partial charge in [0.2, 0.25) is 5.88 Å². The third kappa shape index (κ3) is 3.33. The lowest BCUT2D eigenvalue weighted by atomic mass is 10.1. The van der Waals surface area contributed by atoms with Crippen molar-refractivity contribution in [1.29, 1.82) is 0 Å². The van der Waals surface area contributed by atoms with Crippen molar-refractivity contribution in [3.8, 4) is 11.6 Å². The van der Waals surface area contributed by atoms with Crippen molar-refractivity contribution in [2.75, 3.05) is 14.2 Å². The number of carbonyl (C=O) groups is 1. The van der Waals surface area contributed by atoms with Crippen LogP contribution in [0.2, 0.25) is 0 Å². The van der Waals surface area contributed by atoms with E-state index >= 15 is 0 Å². The van der Waals surface area contributed by atoms with Crippen LogP contribution < -0.4 is 9.47 Å². The minimum atomic E-state index is -0.117. The summed E-state index contributed by atoms with van der Waals surface area (Å²) >= 11 is 3.42. The van der Waals surface area contributed by atoms with Gasteiger partial charge in [-0.3, -0.25) is 4.79 Å². The summed E-state index contributed by atoms with van der Waals surface area (Å²) in [5.41, 5.74) is 1.15. The normalized spacial score (nSPS) is 10.2. The third-order valence-electron chi connectivity index (χ3n) is 2.74. The van der Waals surface area contributed by atoms with E-state index in [4.69, 9.17) is 9.47 Å². The van der Waals surface area contributed by atoms with Crippen LogP contribution >= 0.6 is 15.9 Å². The monoisotopic (exact) mass is 336 g/mol. The smallest absolute Gasteiger partial charge is 0.233 e. The Hall–Kier alpha value is -1.95. The summed E-state index contributed by atoms with van der Waals surface area (Å²) in [6.45, 7) is 0. The van der Waals surface area contributed by atoms with E-state index in [-0.39, 0.29) is 12.2 Å². The second kappa shape index (κ2) is 6.47. The molecular weight excluding hydrogens is 324 g/mol. The van der Waals surface area contributed by atoms with Gasteiger partial charge in [0, 0.05) is 17.0 Å². The van der Waals surface area contributed by atoms with Crippen LogP contribution in [0.15, 0.2) is 34.8 Å². The molecule has 20 heavy (non-hydrogen) atoms. The van der Waals surface area contributed by atoms with Gasteiger partial charge < -0.3 is 9.47 Å². The van der Waals surface area contributed by atoms with Crippen LogP contribution in [0.3, 0.4) is 0 Å². The van der Waals surface area contributed by atoms with Crippen LogP contribution in [0.1, 0.15) is 16.1 Å². The van der Waals surface area contributed by atoms with Crippen molar-refractivity contribution in [2.24, 2.45) is 0 Å². The highest BCUT2D eigenvalue weighted by Gasteiger charge is 2.12. The SMILES string of the molecule is COc1ccc(Br)c(CC(=O)c2ccc(OC)nn2)c1. The summed E-state index contributed by atoms with van der Waals surface area (Å²) in [6.07, 6.45) is 0.221. The molecule has 0 aliphatic carbocycles. The predicted octanol–water partition coefficient (Wildman–Crippen LogP) is 2.68. The first-order valence-corrected chi connectivity index (χ1v) is 6.66. The highest BCUT2D eigenvalue weighted by Crippen LogP contribution is 2.23. The first-order valence-electron chi connectivity index (χ1n) is 5.87. The zero-order valence-electron chi connectivity index (χ0n) is 11.1. The van der Waals surface area contributed by atoms with Crippen LogP contribution in [0, 0.1) is 0 Å². The molecule has 0 saturated carbocycles. The van der Waals surface area contributed by atoms with Crippen LogP contribution in [0.4, 0.5) is 0 Å². The molecule has 1 heterocycles. The Bertz CT molecular complexity index is 614. The maximum atomic E-state index is 12.2. The van der Waals surface area contributed by atoms with Crippen molar-refractivity contribution in [3.05, 3.63) is 46.1 Å². The number of hydrogen-bond donors (Lipinski definition) is 0. The average molecular weight is 337 g/mol. The van der Waals surface area contributed by atoms with Gasteiger partial charge in [0.05, 0.1) is 14.2 Å². The maximum absolute atomic E-state index is 12.2. The minimum Gasteiger partial charge on any atom is -0.497 e. The van der Waals surface area contributed by atoms with Gasteiger partial charge in [-0.15, -0.1) is 10.2 Å². The number of methoxy groups -OCH3 is 2. The van der Waals surface area contributed by atoms with Crippen molar-refractivity contribution >= 4 is 21.7 Å². The fraction of sp³-hybridized carbons (Fsp3) is 0.214. The van der Waals surface area contributed by atoms with Gasteiger partial charge in [0.15, 0.2) is 5.78 Å². The van der Waals surface area contributed by atoms with E-state index in [0.717, 1.165) is 10.0 Å². The molecule has 0 saturated heterocycles. The average Bonchev–Trinajstić information content (AvgIpc) is 2.49. The Morgan fingerprint density at radius 3 is 2.55 bits per heavy atom. The molecule has 2 rings (SSSR count). The molecule has 0 aliphatic heterocycles. The number of halogens is 1. The number of carbonyl (C=O) groups excluding carboxylic acids is 1. The Labute approximate surface area is 125 Å². The molecule has 0 bridgehead atoms. The number of rotatable bonds is 5. The van der Waals surface area contributed by atoms with Gasteiger partial charge in [0.1, 0.15) is 11.4 Å². The molecule has 6 heteroatoms. The Morgan fingerprint density at radius 1 is 1.15 bits per heavy atom. The van der Waals surface area contributed by atoms with Gasteiger partial charge >= 0.3 is 0 Å². The van der Waals surface area contributed by atoms with E-state index in [1.165, 1.54) is 7.11 Å². The predicted molar refractivity (Wildman–Crippen MR) is 77.3 cm³/mol. The molecule has 0 spiro atoms. The van der Waals surface area contributed by atoms with E-state index in [9.17, 15) is 4.79 Å². The first-order chi connectivity index (χ1) is 9.63. The summed E-state index contributed by atoms with van der Waals surface area (Å²) in [6, 6.07) is 8.70. The molecule has 5 nitrogen and oxygen atoms in total. The second-order valence-electron chi connectivity index (χ2n) is 4.02. The number of Topliss-reactive ketones (excluding diaryl/α,β-unsaturated/α-hetero) is 1. The fourth-order valence-corrected chi connectivity index (χ4v) is 2.04. The third-order valence-corrected chi connectivity index (χ3v) is 3.51. The Kier molecular flexibility index (Phi) is 4.68. The molecule has 0 aliphatic rings. The molecule has 0 radical (unpaired) electrons. The van der Waals surface area contributed by atoms with E-state index < -0.39 is 0 Å². The highest BCUT2D eigenvalue weighted by atomic mass is 79.9. The molecule has 0 N–H and O–H groups in total. The van der Waals surface area contributed by atoms with E-state index in [1.807, 2.05) is 18.2 Å².